The monoisotopic (exact) mass is 345 g/mol. The Labute approximate surface area is 129 Å². The smallest absolute Gasteiger partial charge is 0.128 e. The molecule has 2 aromatic carbocycles. The van der Waals surface area contributed by atoms with E-state index >= 15 is 0 Å². The normalized spacial score (nSPS) is 17.3. The Hall–Kier alpha value is -1.72. The summed E-state index contributed by atoms with van der Waals surface area (Å²) >= 11 is 3.45. The fourth-order valence-corrected chi connectivity index (χ4v) is 3.13. The van der Waals surface area contributed by atoms with Crippen LogP contribution in [0.25, 0.3) is 11.0 Å². The molecule has 1 aliphatic rings. The van der Waals surface area contributed by atoms with Gasteiger partial charge < -0.3 is 4.57 Å². The standard InChI is InChI=1S/C16H13BrFN3/c17-11-3-1-10(2-4-11)7-14-16-20-13-8-12(18)5-6-15(13)21(16)9-19-14/h1-6,8,14,19H,7,9H2/t14-/m1/s1. The lowest BCUT2D eigenvalue weighted by atomic mass is 10.1. The first-order valence-corrected chi connectivity index (χ1v) is 7.63. The van der Waals surface area contributed by atoms with Crippen molar-refractivity contribution in [2.24, 2.45) is 0 Å². The summed E-state index contributed by atoms with van der Waals surface area (Å²) in [7, 11) is 0. The average Bonchev–Trinajstić information content (AvgIpc) is 3.01. The summed E-state index contributed by atoms with van der Waals surface area (Å²) in [5.74, 6) is 0.746. The van der Waals surface area contributed by atoms with Crippen molar-refractivity contribution in [3.63, 3.8) is 0 Å². The third-order valence-corrected chi connectivity index (χ3v) is 4.43. The highest BCUT2D eigenvalue weighted by Crippen LogP contribution is 2.28. The first-order valence-electron chi connectivity index (χ1n) is 6.84. The van der Waals surface area contributed by atoms with Crippen LogP contribution in [0.4, 0.5) is 4.39 Å². The van der Waals surface area contributed by atoms with Crippen molar-refractivity contribution >= 4 is 27.0 Å². The molecule has 0 spiro atoms. The maximum absolute atomic E-state index is 13.3. The van der Waals surface area contributed by atoms with Crippen molar-refractivity contribution < 1.29 is 4.39 Å². The number of halogens is 2. The second-order valence-corrected chi connectivity index (χ2v) is 6.19. The zero-order chi connectivity index (χ0) is 14.4. The number of imidazole rings is 1. The third kappa shape index (κ3) is 2.26. The summed E-state index contributed by atoms with van der Waals surface area (Å²) in [5.41, 5.74) is 2.96. The van der Waals surface area contributed by atoms with E-state index in [9.17, 15) is 4.39 Å². The van der Waals surface area contributed by atoms with Crippen molar-refractivity contribution in [2.45, 2.75) is 19.1 Å². The Kier molecular flexibility index (Phi) is 3.05. The molecule has 106 valence electrons. The van der Waals surface area contributed by atoms with Crippen LogP contribution in [0, 0.1) is 5.82 Å². The Morgan fingerprint density at radius 1 is 1.24 bits per heavy atom. The van der Waals surface area contributed by atoms with E-state index in [4.69, 9.17) is 0 Å². The molecule has 3 nitrogen and oxygen atoms in total. The molecule has 1 aliphatic heterocycles. The maximum atomic E-state index is 13.3. The van der Waals surface area contributed by atoms with Crippen LogP contribution in [-0.4, -0.2) is 9.55 Å². The van der Waals surface area contributed by atoms with Crippen LogP contribution < -0.4 is 5.32 Å². The van der Waals surface area contributed by atoms with E-state index in [1.54, 1.807) is 6.07 Å². The summed E-state index contributed by atoms with van der Waals surface area (Å²) in [4.78, 5) is 4.60. The van der Waals surface area contributed by atoms with Crippen molar-refractivity contribution in [2.75, 3.05) is 0 Å². The highest BCUT2D eigenvalue weighted by molar-refractivity contribution is 9.10. The van der Waals surface area contributed by atoms with Gasteiger partial charge in [-0.2, -0.15) is 0 Å². The van der Waals surface area contributed by atoms with Crippen LogP contribution in [0.2, 0.25) is 0 Å². The van der Waals surface area contributed by atoms with Gasteiger partial charge in [-0.3, -0.25) is 5.32 Å². The second-order valence-electron chi connectivity index (χ2n) is 5.28. The van der Waals surface area contributed by atoms with Crippen molar-refractivity contribution in [3.05, 3.63) is 64.1 Å². The zero-order valence-corrected chi connectivity index (χ0v) is 12.8. The largest absolute Gasteiger partial charge is 0.313 e. The van der Waals surface area contributed by atoms with Crippen LogP contribution in [0.1, 0.15) is 17.4 Å². The lowest BCUT2D eigenvalue weighted by Crippen LogP contribution is -2.15. The molecule has 0 radical (unpaired) electrons. The highest BCUT2D eigenvalue weighted by atomic mass is 79.9. The van der Waals surface area contributed by atoms with E-state index < -0.39 is 0 Å². The summed E-state index contributed by atoms with van der Waals surface area (Å²) in [5, 5.41) is 3.47. The molecule has 0 fully saturated rings. The Morgan fingerprint density at radius 3 is 2.86 bits per heavy atom. The molecule has 0 aliphatic carbocycles. The van der Waals surface area contributed by atoms with Crippen LogP contribution in [0.3, 0.4) is 0 Å². The van der Waals surface area contributed by atoms with Crippen molar-refractivity contribution in [1.82, 2.24) is 14.9 Å². The molecule has 21 heavy (non-hydrogen) atoms. The first-order chi connectivity index (χ1) is 10.2. The molecule has 0 amide bonds. The molecule has 4 rings (SSSR count). The highest BCUT2D eigenvalue weighted by Gasteiger charge is 2.26. The summed E-state index contributed by atoms with van der Waals surface area (Å²) in [6.45, 7) is 0.721. The van der Waals surface area contributed by atoms with Gasteiger partial charge in [0.2, 0.25) is 0 Å². The van der Waals surface area contributed by atoms with Gasteiger partial charge in [-0.25, -0.2) is 9.37 Å². The Bertz CT molecular complexity index is 810. The summed E-state index contributed by atoms with van der Waals surface area (Å²) < 4.78 is 16.5. The number of fused-ring (bicyclic) bond motifs is 3. The molecule has 1 aromatic heterocycles. The van der Waals surface area contributed by atoms with Gasteiger partial charge in [0.25, 0.3) is 0 Å². The van der Waals surface area contributed by atoms with E-state index in [0.717, 1.165) is 34.4 Å². The number of nitrogens with zero attached hydrogens (tertiary/aromatic N) is 2. The van der Waals surface area contributed by atoms with Gasteiger partial charge >= 0.3 is 0 Å². The molecule has 1 atom stereocenters. The molecule has 1 N–H and O–H groups in total. The van der Waals surface area contributed by atoms with Crippen molar-refractivity contribution in [1.29, 1.82) is 0 Å². The average molecular weight is 346 g/mol. The van der Waals surface area contributed by atoms with Gasteiger partial charge in [0.15, 0.2) is 0 Å². The molecule has 0 bridgehead atoms. The molecule has 0 saturated carbocycles. The van der Waals surface area contributed by atoms with Gasteiger partial charge in [-0.15, -0.1) is 0 Å². The topological polar surface area (TPSA) is 29.9 Å². The lowest BCUT2D eigenvalue weighted by Gasteiger charge is -2.09. The Balaban J connectivity index is 1.69. The van der Waals surface area contributed by atoms with E-state index in [-0.39, 0.29) is 11.9 Å². The molecule has 3 aromatic rings. The minimum Gasteiger partial charge on any atom is -0.313 e. The van der Waals surface area contributed by atoms with Crippen LogP contribution in [-0.2, 0) is 13.1 Å². The number of hydrogen-bond acceptors (Lipinski definition) is 2. The zero-order valence-electron chi connectivity index (χ0n) is 11.2. The minimum atomic E-state index is -0.239. The molecule has 0 saturated heterocycles. The maximum Gasteiger partial charge on any atom is 0.128 e. The first kappa shape index (κ1) is 13.0. The van der Waals surface area contributed by atoms with Gasteiger partial charge in [0.05, 0.1) is 23.7 Å². The molecular weight excluding hydrogens is 333 g/mol. The fraction of sp³-hybridized carbons (Fsp3) is 0.188. The van der Waals surface area contributed by atoms with Gasteiger partial charge in [-0.05, 0) is 36.2 Å². The number of benzene rings is 2. The van der Waals surface area contributed by atoms with Gasteiger partial charge in [0.1, 0.15) is 11.6 Å². The number of nitrogens with one attached hydrogen (secondary N) is 1. The Morgan fingerprint density at radius 2 is 2.05 bits per heavy atom. The molecule has 0 unspecified atom stereocenters. The predicted octanol–water partition coefficient (Wildman–Crippen LogP) is 3.78. The predicted molar refractivity (Wildman–Crippen MR) is 83.4 cm³/mol. The second kappa shape index (κ2) is 4.93. The summed E-state index contributed by atoms with van der Waals surface area (Å²) in [6, 6.07) is 13.3. The quantitative estimate of drug-likeness (QED) is 0.765. The van der Waals surface area contributed by atoms with E-state index in [2.05, 4.69) is 42.9 Å². The van der Waals surface area contributed by atoms with Gasteiger partial charge in [-0.1, -0.05) is 28.1 Å². The van der Waals surface area contributed by atoms with Crippen molar-refractivity contribution in [3.8, 4) is 0 Å². The van der Waals surface area contributed by atoms with Crippen LogP contribution in [0.5, 0.6) is 0 Å². The SMILES string of the molecule is Fc1ccc2c(c1)nc1n2CN[C@@H]1Cc1ccc(Br)cc1. The number of aromatic nitrogens is 2. The van der Waals surface area contributed by atoms with E-state index in [0.29, 0.717) is 0 Å². The van der Waals surface area contributed by atoms with Crippen LogP contribution >= 0.6 is 15.9 Å². The molecule has 5 heteroatoms. The minimum absolute atomic E-state index is 0.168. The number of rotatable bonds is 2. The molecular formula is C16H13BrFN3. The van der Waals surface area contributed by atoms with Gasteiger partial charge in [0, 0.05) is 10.5 Å². The number of hydrogen-bond donors (Lipinski definition) is 1. The van der Waals surface area contributed by atoms with E-state index in [1.165, 1.54) is 17.7 Å². The fourth-order valence-electron chi connectivity index (χ4n) is 2.87. The van der Waals surface area contributed by atoms with E-state index in [1.807, 2.05) is 12.1 Å². The van der Waals surface area contributed by atoms with Crippen LogP contribution in [0.15, 0.2) is 46.9 Å². The lowest BCUT2D eigenvalue weighted by molar-refractivity contribution is 0.557. The third-order valence-electron chi connectivity index (χ3n) is 3.90. The molecule has 2 heterocycles. The summed E-state index contributed by atoms with van der Waals surface area (Å²) in [6.07, 6.45) is 0.874.